The lowest BCUT2D eigenvalue weighted by molar-refractivity contribution is -0.135. The number of benzene rings is 1. The summed E-state index contributed by atoms with van der Waals surface area (Å²) >= 11 is 0. The molecule has 31 heavy (non-hydrogen) atoms. The number of nitrogens with one attached hydrogen (secondary N) is 2. The van der Waals surface area contributed by atoms with Crippen LogP contribution in [0.2, 0.25) is 0 Å². The fraction of sp³-hybridized carbons (Fsp3) is 0.591. The highest BCUT2D eigenvalue weighted by atomic mass is 16.5. The van der Waals surface area contributed by atoms with Gasteiger partial charge in [0.25, 0.3) is 5.91 Å². The fourth-order valence-corrected chi connectivity index (χ4v) is 3.62. The van der Waals surface area contributed by atoms with Crippen molar-refractivity contribution in [3.05, 3.63) is 17.7 Å². The molecule has 172 valence electrons. The average Bonchev–Trinajstić information content (AvgIpc) is 2.76. The Morgan fingerprint density at radius 1 is 0.903 bits per heavy atom. The van der Waals surface area contributed by atoms with Crippen LogP contribution in [0.3, 0.4) is 0 Å². The van der Waals surface area contributed by atoms with E-state index in [4.69, 9.17) is 14.2 Å². The summed E-state index contributed by atoms with van der Waals surface area (Å²) in [4.78, 5) is 39.3. The Morgan fingerprint density at radius 3 is 2.00 bits per heavy atom. The highest BCUT2D eigenvalue weighted by molar-refractivity contribution is 5.96. The number of carbonyl (C=O) groups is 3. The van der Waals surface area contributed by atoms with E-state index in [2.05, 4.69) is 10.9 Å². The van der Waals surface area contributed by atoms with Crippen molar-refractivity contribution < 1.29 is 28.6 Å². The number of hydrogen-bond acceptors (Lipinski definition) is 6. The Morgan fingerprint density at radius 2 is 1.48 bits per heavy atom. The maximum absolute atomic E-state index is 12.5. The fourth-order valence-electron chi connectivity index (χ4n) is 3.62. The van der Waals surface area contributed by atoms with E-state index in [-0.39, 0.29) is 30.2 Å². The van der Waals surface area contributed by atoms with E-state index in [0.29, 0.717) is 17.2 Å². The van der Waals surface area contributed by atoms with Gasteiger partial charge in [0, 0.05) is 31.5 Å². The Balaban J connectivity index is 1.92. The van der Waals surface area contributed by atoms with Crippen LogP contribution in [0.25, 0.3) is 0 Å². The number of ether oxygens (including phenoxy) is 3. The Labute approximate surface area is 183 Å². The van der Waals surface area contributed by atoms with Crippen molar-refractivity contribution in [2.24, 2.45) is 5.41 Å². The van der Waals surface area contributed by atoms with E-state index < -0.39 is 11.3 Å². The number of amides is 3. The first-order valence-electron chi connectivity index (χ1n) is 10.4. The zero-order valence-corrected chi connectivity index (χ0v) is 19.0. The number of carbonyl (C=O) groups excluding carboxylic acids is 3. The van der Waals surface area contributed by atoms with Crippen LogP contribution in [0.4, 0.5) is 0 Å². The molecular weight excluding hydrogens is 402 g/mol. The first-order valence-corrected chi connectivity index (χ1v) is 10.4. The second kappa shape index (κ2) is 10.9. The normalized spacial score (nSPS) is 13.9. The van der Waals surface area contributed by atoms with Crippen LogP contribution < -0.4 is 25.1 Å². The van der Waals surface area contributed by atoms with Gasteiger partial charge in [-0.25, -0.2) is 0 Å². The summed E-state index contributed by atoms with van der Waals surface area (Å²) in [6.45, 7) is 5.31. The summed E-state index contributed by atoms with van der Waals surface area (Å²) in [6.07, 6.45) is 3.59. The van der Waals surface area contributed by atoms with Crippen LogP contribution in [0.1, 0.15) is 56.3 Å². The molecule has 0 aromatic heterocycles. The zero-order valence-electron chi connectivity index (χ0n) is 19.0. The first-order chi connectivity index (χ1) is 14.7. The second-order valence-corrected chi connectivity index (χ2v) is 8.38. The van der Waals surface area contributed by atoms with Gasteiger partial charge in [-0.3, -0.25) is 25.2 Å². The van der Waals surface area contributed by atoms with Crippen molar-refractivity contribution in [1.82, 2.24) is 15.8 Å². The van der Waals surface area contributed by atoms with Crippen LogP contribution in [0, 0.1) is 5.41 Å². The van der Waals surface area contributed by atoms with Crippen LogP contribution >= 0.6 is 0 Å². The van der Waals surface area contributed by atoms with Crippen molar-refractivity contribution >= 4 is 17.7 Å². The minimum Gasteiger partial charge on any atom is -0.493 e. The Bertz CT molecular complexity index is 777. The first kappa shape index (κ1) is 24.3. The lowest BCUT2D eigenvalue weighted by atomic mass is 9.84. The molecule has 0 radical (unpaired) electrons. The van der Waals surface area contributed by atoms with E-state index in [1.54, 1.807) is 0 Å². The number of likely N-dealkylation sites (tertiary alicyclic amines) is 1. The number of piperidine rings is 1. The van der Waals surface area contributed by atoms with Crippen LogP contribution in [-0.2, 0) is 9.59 Å². The van der Waals surface area contributed by atoms with E-state index in [9.17, 15) is 14.4 Å². The molecule has 1 heterocycles. The number of hydrogen-bond donors (Lipinski definition) is 2. The summed E-state index contributed by atoms with van der Waals surface area (Å²) in [7, 11) is 4.38. The van der Waals surface area contributed by atoms with Gasteiger partial charge in [-0.2, -0.15) is 0 Å². The molecule has 9 heteroatoms. The number of nitrogens with zero attached hydrogens (tertiary/aromatic N) is 1. The zero-order chi connectivity index (χ0) is 23.0. The van der Waals surface area contributed by atoms with Crippen LogP contribution in [-0.4, -0.2) is 57.0 Å². The molecule has 0 unspecified atom stereocenters. The maximum atomic E-state index is 12.5. The van der Waals surface area contributed by atoms with Crippen molar-refractivity contribution in [3.8, 4) is 17.2 Å². The molecule has 3 amide bonds. The largest absolute Gasteiger partial charge is 0.493 e. The number of methoxy groups -OCH3 is 3. The van der Waals surface area contributed by atoms with Gasteiger partial charge in [0.2, 0.25) is 17.6 Å². The molecule has 0 spiro atoms. The molecule has 1 fully saturated rings. The highest BCUT2D eigenvalue weighted by Crippen LogP contribution is 2.38. The maximum Gasteiger partial charge on any atom is 0.269 e. The van der Waals surface area contributed by atoms with Crippen molar-refractivity contribution in [3.63, 3.8) is 0 Å². The van der Waals surface area contributed by atoms with Crippen molar-refractivity contribution in [2.75, 3.05) is 34.4 Å². The van der Waals surface area contributed by atoms with E-state index in [1.165, 1.54) is 33.5 Å². The predicted octanol–water partition coefficient (Wildman–Crippen LogP) is 2.29. The molecular formula is C22H33N3O6. The smallest absolute Gasteiger partial charge is 0.269 e. The summed E-state index contributed by atoms with van der Waals surface area (Å²) in [6, 6.07) is 2.98. The third kappa shape index (κ3) is 6.77. The number of rotatable bonds is 8. The molecule has 1 aliphatic heterocycles. The molecule has 0 aliphatic carbocycles. The lowest BCUT2D eigenvalue weighted by Crippen LogP contribution is -2.44. The minimum absolute atomic E-state index is 0.0685. The van der Waals surface area contributed by atoms with E-state index in [1.807, 2.05) is 18.7 Å². The van der Waals surface area contributed by atoms with Gasteiger partial charge < -0.3 is 19.1 Å². The van der Waals surface area contributed by atoms with Gasteiger partial charge in [-0.15, -0.1) is 0 Å². The van der Waals surface area contributed by atoms with Crippen LogP contribution in [0.5, 0.6) is 17.2 Å². The molecule has 1 aliphatic rings. The van der Waals surface area contributed by atoms with E-state index >= 15 is 0 Å². The molecule has 0 saturated carbocycles. The predicted molar refractivity (Wildman–Crippen MR) is 115 cm³/mol. The quantitative estimate of drug-likeness (QED) is 0.607. The molecule has 0 atom stereocenters. The van der Waals surface area contributed by atoms with Crippen molar-refractivity contribution in [2.45, 2.75) is 46.0 Å². The summed E-state index contributed by atoms with van der Waals surface area (Å²) in [5.74, 6) is 0.183. The van der Waals surface area contributed by atoms with Gasteiger partial charge in [0.05, 0.1) is 21.3 Å². The minimum atomic E-state index is -0.533. The molecule has 1 aromatic carbocycles. The summed E-state index contributed by atoms with van der Waals surface area (Å²) in [5, 5.41) is 0. The standard InChI is InChI=1S/C22H33N3O6/c1-22(2,14-19(27)25-9-7-6-8-10-25)13-18(26)23-24-21(28)15-11-16(29-3)20(31-5)17(12-15)30-4/h11-12H,6-10,13-14H2,1-5H3,(H,23,26)(H,24,28). The third-order valence-electron chi connectivity index (χ3n) is 5.22. The molecule has 9 nitrogen and oxygen atoms in total. The Kier molecular flexibility index (Phi) is 8.53. The molecule has 2 N–H and O–H groups in total. The molecule has 1 aromatic rings. The van der Waals surface area contributed by atoms with Gasteiger partial charge in [0.1, 0.15) is 0 Å². The summed E-state index contributed by atoms with van der Waals surface area (Å²) in [5.41, 5.74) is 4.51. The Hall–Kier alpha value is -2.97. The summed E-state index contributed by atoms with van der Waals surface area (Å²) < 4.78 is 15.7. The van der Waals surface area contributed by atoms with Crippen molar-refractivity contribution in [1.29, 1.82) is 0 Å². The molecule has 1 saturated heterocycles. The van der Waals surface area contributed by atoms with Gasteiger partial charge in [-0.05, 0) is 36.8 Å². The van der Waals surface area contributed by atoms with Gasteiger partial charge in [0.15, 0.2) is 11.5 Å². The molecule has 0 bridgehead atoms. The number of hydrazine groups is 1. The lowest BCUT2D eigenvalue weighted by Gasteiger charge is -2.31. The monoisotopic (exact) mass is 435 g/mol. The van der Waals surface area contributed by atoms with Gasteiger partial charge in [-0.1, -0.05) is 13.8 Å². The van der Waals surface area contributed by atoms with Gasteiger partial charge >= 0.3 is 0 Å². The molecule has 2 rings (SSSR count). The van der Waals surface area contributed by atoms with E-state index in [0.717, 1.165) is 32.4 Å². The second-order valence-electron chi connectivity index (χ2n) is 8.38. The SMILES string of the molecule is COc1cc(C(=O)NNC(=O)CC(C)(C)CC(=O)N2CCCCC2)cc(OC)c1OC. The van der Waals surface area contributed by atoms with Crippen LogP contribution in [0.15, 0.2) is 12.1 Å². The average molecular weight is 436 g/mol. The third-order valence-corrected chi connectivity index (χ3v) is 5.22. The highest BCUT2D eigenvalue weighted by Gasteiger charge is 2.28. The topological polar surface area (TPSA) is 106 Å².